The van der Waals surface area contributed by atoms with E-state index in [1.807, 2.05) is 30.3 Å². The van der Waals surface area contributed by atoms with Gasteiger partial charge in [0.25, 0.3) is 0 Å². The molecule has 0 saturated heterocycles. The summed E-state index contributed by atoms with van der Waals surface area (Å²) in [5.41, 5.74) is 4.20. The van der Waals surface area contributed by atoms with E-state index in [-0.39, 0.29) is 12.8 Å². The molecule has 0 amide bonds. The lowest BCUT2D eigenvalue weighted by Crippen LogP contribution is -2.47. The number of hydrogen-bond acceptors (Lipinski definition) is 3. The fourth-order valence-electron chi connectivity index (χ4n) is 2.82. The maximum atomic E-state index is 11.6. The van der Waals surface area contributed by atoms with Gasteiger partial charge < -0.3 is 15.9 Å². The Hall–Kier alpha value is -1.88. The Morgan fingerprint density at radius 1 is 1.11 bits per heavy atom. The predicted octanol–water partition coefficient (Wildman–Crippen LogP) is 1.27. The molecule has 0 aliphatic heterocycles. The summed E-state index contributed by atoms with van der Waals surface area (Å²) in [5, 5.41) is 18.6. The minimum atomic E-state index is -1.42. The Labute approximate surface area is 111 Å². The number of hydrogen-bond donors (Lipinski definition) is 3. The highest BCUT2D eigenvalue weighted by Gasteiger charge is 2.54. The van der Waals surface area contributed by atoms with Crippen molar-refractivity contribution >= 4 is 11.9 Å². The van der Waals surface area contributed by atoms with Gasteiger partial charge in [0.05, 0.1) is 5.41 Å². The third kappa shape index (κ3) is 2.46. The van der Waals surface area contributed by atoms with Crippen LogP contribution in [0.5, 0.6) is 0 Å². The van der Waals surface area contributed by atoms with Gasteiger partial charge >= 0.3 is 11.9 Å². The third-order valence-electron chi connectivity index (χ3n) is 3.97. The molecule has 0 radical (unpaired) electrons. The molecule has 1 aromatic rings. The molecule has 0 spiro atoms. The molecule has 0 unspecified atom stereocenters. The zero-order valence-corrected chi connectivity index (χ0v) is 10.5. The van der Waals surface area contributed by atoms with E-state index in [0.29, 0.717) is 12.8 Å². The summed E-state index contributed by atoms with van der Waals surface area (Å²) in [6.07, 6.45) is 0.774. The van der Waals surface area contributed by atoms with Crippen LogP contribution in [0.4, 0.5) is 0 Å². The molecule has 1 aliphatic rings. The second-order valence-corrected chi connectivity index (χ2v) is 5.39. The first kappa shape index (κ1) is 13.5. The van der Waals surface area contributed by atoms with Gasteiger partial charge in [0.2, 0.25) is 0 Å². The molecule has 4 N–H and O–H groups in total. The van der Waals surface area contributed by atoms with Gasteiger partial charge in [-0.1, -0.05) is 30.3 Å². The topological polar surface area (TPSA) is 101 Å². The molecule has 1 fully saturated rings. The first-order valence-electron chi connectivity index (χ1n) is 6.18. The van der Waals surface area contributed by atoms with Crippen molar-refractivity contribution in [2.24, 2.45) is 11.1 Å². The van der Waals surface area contributed by atoms with Gasteiger partial charge in [0, 0.05) is 0 Å². The SMILES string of the molecule is N[C@]1(C(=O)O)CC[C@@](Cc2ccccc2)(C(=O)O)C1. The van der Waals surface area contributed by atoms with Crippen LogP contribution in [0.1, 0.15) is 24.8 Å². The zero-order valence-electron chi connectivity index (χ0n) is 10.5. The highest BCUT2D eigenvalue weighted by atomic mass is 16.4. The minimum Gasteiger partial charge on any atom is -0.481 e. The average molecular weight is 263 g/mol. The van der Waals surface area contributed by atoms with Crippen LogP contribution < -0.4 is 5.73 Å². The van der Waals surface area contributed by atoms with Gasteiger partial charge in [-0.3, -0.25) is 9.59 Å². The van der Waals surface area contributed by atoms with Crippen LogP contribution in [0.3, 0.4) is 0 Å². The molecule has 0 aromatic heterocycles. The third-order valence-corrected chi connectivity index (χ3v) is 3.97. The van der Waals surface area contributed by atoms with Gasteiger partial charge in [-0.2, -0.15) is 0 Å². The fraction of sp³-hybridized carbons (Fsp3) is 0.429. The molecular weight excluding hydrogens is 246 g/mol. The summed E-state index contributed by atoms with van der Waals surface area (Å²) in [5.74, 6) is -2.09. The number of carboxylic acid groups (broad SMARTS) is 2. The van der Waals surface area contributed by atoms with E-state index in [4.69, 9.17) is 10.8 Å². The summed E-state index contributed by atoms with van der Waals surface area (Å²) in [4.78, 5) is 22.8. The Balaban J connectivity index is 2.27. The smallest absolute Gasteiger partial charge is 0.323 e. The lowest BCUT2D eigenvalue weighted by Gasteiger charge is -2.26. The maximum Gasteiger partial charge on any atom is 0.323 e. The van der Waals surface area contributed by atoms with Gasteiger partial charge in [-0.15, -0.1) is 0 Å². The molecule has 1 aromatic carbocycles. The van der Waals surface area contributed by atoms with Crippen LogP contribution in [0.15, 0.2) is 30.3 Å². The predicted molar refractivity (Wildman–Crippen MR) is 68.6 cm³/mol. The molecular formula is C14H17NO4. The maximum absolute atomic E-state index is 11.6. The monoisotopic (exact) mass is 263 g/mol. The molecule has 5 nitrogen and oxygen atoms in total. The largest absolute Gasteiger partial charge is 0.481 e. The Morgan fingerprint density at radius 2 is 1.74 bits per heavy atom. The first-order valence-corrected chi connectivity index (χ1v) is 6.18. The van der Waals surface area contributed by atoms with E-state index >= 15 is 0 Å². The first-order chi connectivity index (χ1) is 8.88. The van der Waals surface area contributed by atoms with Crippen LogP contribution in [0.2, 0.25) is 0 Å². The van der Waals surface area contributed by atoms with Crippen LogP contribution in [-0.2, 0) is 16.0 Å². The Bertz CT molecular complexity index is 501. The van der Waals surface area contributed by atoms with Crippen molar-refractivity contribution in [3.8, 4) is 0 Å². The lowest BCUT2D eigenvalue weighted by molar-refractivity contribution is -0.149. The van der Waals surface area contributed by atoms with E-state index in [1.165, 1.54) is 0 Å². The molecule has 1 saturated carbocycles. The van der Waals surface area contributed by atoms with E-state index < -0.39 is 22.9 Å². The van der Waals surface area contributed by atoms with Crippen molar-refractivity contribution in [3.63, 3.8) is 0 Å². The fourth-order valence-corrected chi connectivity index (χ4v) is 2.82. The summed E-state index contributed by atoms with van der Waals surface area (Å²) < 4.78 is 0. The highest BCUT2D eigenvalue weighted by Crippen LogP contribution is 2.45. The highest BCUT2D eigenvalue weighted by molar-refractivity contribution is 5.83. The summed E-state index contributed by atoms with van der Waals surface area (Å²) >= 11 is 0. The van der Waals surface area contributed by atoms with Crippen LogP contribution >= 0.6 is 0 Å². The van der Waals surface area contributed by atoms with E-state index in [2.05, 4.69) is 0 Å². The van der Waals surface area contributed by atoms with E-state index in [1.54, 1.807) is 0 Å². The normalized spacial score (nSPS) is 30.2. The quantitative estimate of drug-likeness (QED) is 0.759. The molecule has 0 bridgehead atoms. The van der Waals surface area contributed by atoms with Crippen molar-refractivity contribution in [2.75, 3.05) is 0 Å². The van der Waals surface area contributed by atoms with Crippen molar-refractivity contribution < 1.29 is 19.8 Å². The molecule has 19 heavy (non-hydrogen) atoms. The summed E-state index contributed by atoms with van der Waals surface area (Å²) in [6, 6.07) is 9.24. The summed E-state index contributed by atoms with van der Waals surface area (Å²) in [7, 11) is 0. The molecule has 0 heterocycles. The number of carbonyl (C=O) groups is 2. The number of rotatable bonds is 4. The average Bonchev–Trinajstić information content (AvgIpc) is 2.71. The molecule has 1 aliphatic carbocycles. The van der Waals surface area contributed by atoms with E-state index in [9.17, 15) is 14.7 Å². The van der Waals surface area contributed by atoms with Crippen molar-refractivity contribution in [1.82, 2.24) is 0 Å². The molecule has 2 rings (SSSR count). The van der Waals surface area contributed by atoms with E-state index in [0.717, 1.165) is 5.56 Å². The standard InChI is InChI=1S/C14H17NO4/c15-14(12(18)19)7-6-13(9-14,11(16)17)8-10-4-2-1-3-5-10/h1-5H,6-9,15H2,(H,16,17)(H,18,19)/t13-,14+/m0/s1. The zero-order chi connectivity index (χ0) is 14.1. The number of benzene rings is 1. The van der Waals surface area contributed by atoms with Crippen molar-refractivity contribution in [2.45, 2.75) is 31.2 Å². The van der Waals surface area contributed by atoms with Crippen LogP contribution in [0.25, 0.3) is 0 Å². The molecule has 2 atom stereocenters. The van der Waals surface area contributed by atoms with Crippen LogP contribution in [-0.4, -0.2) is 27.7 Å². The van der Waals surface area contributed by atoms with Gasteiger partial charge in [-0.05, 0) is 31.2 Å². The second-order valence-electron chi connectivity index (χ2n) is 5.39. The van der Waals surface area contributed by atoms with Gasteiger partial charge in [-0.25, -0.2) is 0 Å². The molecule has 102 valence electrons. The van der Waals surface area contributed by atoms with Crippen LogP contribution in [0, 0.1) is 5.41 Å². The molecule has 5 heteroatoms. The minimum absolute atomic E-state index is 0.0282. The van der Waals surface area contributed by atoms with Gasteiger partial charge in [0.15, 0.2) is 0 Å². The van der Waals surface area contributed by atoms with Crippen molar-refractivity contribution in [1.29, 1.82) is 0 Å². The summed E-state index contributed by atoms with van der Waals surface area (Å²) in [6.45, 7) is 0. The number of nitrogens with two attached hydrogens (primary N) is 1. The Kier molecular flexibility index (Phi) is 3.32. The Morgan fingerprint density at radius 3 is 2.21 bits per heavy atom. The second kappa shape index (κ2) is 4.66. The number of aliphatic carboxylic acids is 2. The number of carboxylic acids is 2. The van der Waals surface area contributed by atoms with Gasteiger partial charge in [0.1, 0.15) is 5.54 Å². The van der Waals surface area contributed by atoms with Crippen molar-refractivity contribution in [3.05, 3.63) is 35.9 Å². The lowest BCUT2D eigenvalue weighted by atomic mass is 9.78.